The van der Waals surface area contributed by atoms with E-state index >= 15 is 0 Å². The molecule has 0 saturated heterocycles. The molecule has 5 nitrogen and oxygen atoms in total. The van der Waals surface area contributed by atoms with Gasteiger partial charge in [-0.1, -0.05) is 11.6 Å². The molecule has 3 aromatic rings. The van der Waals surface area contributed by atoms with Crippen LogP contribution in [0.25, 0.3) is 11.3 Å². The second kappa shape index (κ2) is 7.87. The Hall–Kier alpha value is -2.87. The zero-order valence-electron chi connectivity index (χ0n) is 16.0. The summed E-state index contributed by atoms with van der Waals surface area (Å²) in [5, 5.41) is 5.72. The third-order valence-electron chi connectivity index (χ3n) is 3.71. The monoisotopic (exact) mass is 421 g/mol. The smallest absolute Gasteiger partial charge is 0.350 e. The summed E-state index contributed by atoms with van der Waals surface area (Å²) >= 11 is 5.70. The molecule has 2 N–H and O–H groups in total. The summed E-state index contributed by atoms with van der Waals surface area (Å²) in [6.07, 6.45) is -1.26. The van der Waals surface area contributed by atoms with E-state index in [1.54, 1.807) is 24.5 Å². The molecular weight excluding hydrogens is 403 g/mol. The van der Waals surface area contributed by atoms with Crippen molar-refractivity contribution < 1.29 is 13.2 Å². The minimum atomic E-state index is -4.56. The van der Waals surface area contributed by atoms with E-state index in [9.17, 15) is 13.2 Å². The number of hydrogen-bond donors (Lipinski definition) is 2. The quantitative estimate of drug-likeness (QED) is 0.527. The molecule has 0 amide bonds. The second-order valence-electron chi connectivity index (χ2n) is 7.40. The van der Waals surface area contributed by atoms with Gasteiger partial charge in [0.1, 0.15) is 5.82 Å². The van der Waals surface area contributed by atoms with E-state index in [0.29, 0.717) is 17.5 Å². The molecule has 0 aliphatic rings. The fraction of sp³-hybridized carbons (Fsp3) is 0.250. The summed E-state index contributed by atoms with van der Waals surface area (Å²) in [5.41, 5.74) is 0.307. The van der Waals surface area contributed by atoms with Crippen molar-refractivity contribution >= 4 is 29.1 Å². The molecule has 29 heavy (non-hydrogen) atoms. The third kappa shape index (κ3) is 5.57. The van der Waals surface area contributed by atoms with Crippen LogP contribution in [0.15, 0.2) is 48.8 Å². The summed E-state index contributed by atoms with van der Waals surface area (Å²) in [5.74, 6) is 0.674. The van der Waals surface area contributed by atoms with Gasteiger partial charge >= 0.3 is 6.18 Å². The lowest BCUT2D eigenvalue weighted by Gasteiger charge is -2.21. The van der Waals surface area contributed by atoms with E-state index in [2.05, 4.69) is 25.6 Å². The van der Waals surface area contributed by atoms with E-state index in [4.69, 9.17) is 11.6 Å². The molecule has 3 rings (SSSR count). The molecule has 9 heteroatoms. The largest absolute Gasteiger partial charge is 0.417 e. The Bertz CT molecular complexity index is 1000. The fourth-order valence-corrected chi connectivity index (χ4v) is 2.76. The molecule has 0 spiro atoms. The van der Waals surface area contributed by atoms with Crippen molar-refractivity contribution in [2.45, 2.75) is 32.5 Å². The highest BCUT2D eigenvalue weighted by Crippen LogP contribution is 2.36. The Morgan fingerprint density at radius 1 is 1.00 bits per heavy atom. The Morgan fingerprint density at radius 2 is 1.76 bits per heavy atom. The summed E-state index contributed by atoms with van der Waals surface area (Å²) < 4.78 is 39.4. The topological polar surface area (TPSA) is 62.7 Å². The first-order valence-electron chi connectivity index (χ1n) is 8.73. The fourth-order valence-electron chi connectivity index (χ4n) is 2.53. The van der Waals surface area contributed by atoms with E-state index in [1.807, 2.05) is 26.8 Å². The lowest BCUT2D eigenvalue weighted by Crippen LogP contribution is -2.27. The van der Waals surface area contributed by atoms with Crippen LogP contribution in [-0.2, 0) is 6.18 Å². The van der Waals surface area contributed by atoms with Crippen molar-refractivity contribution in [3.63, 3.8) is 0 Å². The molecule has 0 saturated carbocycles. The first-order valence-corrected chi connectivity index (χ1v) is 9.10. The second-order valence-corrected chi connectivity index (χ2v) is 7.80. The maximum absolute atomic E-state index is 13.1. The van der Waals surface area contributed by atoms with E-state index in [-0.39, 0.29) is 16.2 Å². The average molecular weight is 422 g/mol. The Morgan fingerprint density at radius 3 is 2.38 bits per heavy atom. The van der Waals surface area contributed by atoms with Crippen LogP contribution in [0, 0.1) is 0 Å². The molecule has 0 atom stereocenters. The third-order valence-corrected chi connectivity index (χ3v) is 4.04. The van der Waals surface area contributed by atoms with Gasteiger partial charge in [0.2, 0.25) is 5.95 Å². The number of nitrogens with zero attached hydrogens (tertiary/aromatic N) is 3. The molecule has 0 bridgehead atoms. The highest BCUT2D eigenvalue weighted by molar-refractivity contribution is 6.31. The van der Waals surface area contributed by atoms with Gasteiger partial charge in [-0.3, -0.25) is 4.98 Å². The van der Waals surface area contributed by atoms with Crippen molar-refractivity contribution in [3.8, 4) is 11.3 Å². The van der Waals surface area contributed by atoms with E-state index < -0.39 is 11.7 Å². The van der Waals surface area contributed by atoms with Crippen LogP contribution in [0.3, 0.4) is 0 Å². The van der Waals surface area contributed by atoms with Gasteiger partial charge in [-0.25, -0.2) is 4.98 Å². The number of anilines is 3. The number of halogens is 4. The molecule has 0 aliphatic heterocycles. The Kier molecular flexibility index (Phi) is 5.66. The van der Waals surface area contributed by atoms with Crippen LogP contribution in [0.1, 0.15) is 26.3 Å². The van der Waals surface area contributed by atoms with Crippen LogP contribution < -0.4 is 10.6 Å². The normalized spacial score (nSPS) is 12.0. The van der Waals surface area contributed by atoms with Crippen LogP contribution in [-0.4, -0.2) is 20.5 Å². The first-order chi connectivity index (χ1) is 13.5. The molecule has 152 valence electrons. The molecule has 0 unspecified atom stereocenters. The Labute approximate surface area is 171 Å². The highest BCUT2D eigenvalue weighted by Gasteiger charge is 2.33. The van der Waals surface area contributed by atoms with Gasteiger partial charge in [0.25, 0.3) is 0 Å². The number of benzene rings is 1. The number of nitrogens with one attached hydrogen (secondary N) is 2. The highest BCUT2D eigenvalue weighted by atomic mass is 35.5. The number of pyridine rings is 1. The van der Waals surface area contributed by atoms with Crippen molar-refractivity contribution in [1.82, 2.24) is 15.0 Å². The summed E-state index contributed by atoms with van der Waals surface area (Å²) in [7, 11) is 0. The predicted molar refractivity (Wildman–Crippen MR) is 108 cm³/mol. The molecular formula is C20H19ClF3N5. The van der Waals surface area contributed by atoms with Gasteiger partial charge < -0.3 is 10.6 Å². The van der Waals surface area contributed by atoms with Gasteiger partial charge in [0.05, 0.1) is 16.3 Å². The lowest BCUT2D eigenvalue weighted by molar-refractivity contribution is -0.137. The van der Waals surface area contributed by atoms with Crippen molar-refractivity contribution in [3.05, 3.63) is 59.4 Å². The van der Waals surface area contributed by atoms with E-state index in [0.717, 1.165) is 11.6 Å². The van der Waals surface area contributed by atoms with Gasteiger partial charge in [0.15, 0.2) is 0 Å². The van der Waals surface area contributed by atoms with Gasteiger partial charge in [-0.15, -0.1) is 0 Å². The minimum Gasteiger partial charge on any atom is -0.350 e. The van der Waals surface area contributed by atoms with Gasteiger partial charge in [0, 0.05) is 35.2 Å². The SMILES string of the molecule is CC(C)(C)Nc1nc(Nc2ccc(Cl)c(C(F)(F)F)c2)cc(-c2cccnc2)n1. The number of aromatic nitrogens is 3. The van der Waals surface area contributed by atoms with E-state index in [1.165, 1.54) is 12.1 Å². The summed E-state index contributed by atoms with van der Waals surface area (Å²) in [6.45, 7) is 5.86. The van der Waals surface area contributed by atoms with Crippen molar-refractivity contribution in [1.29, 1.82) is 0 Å². The van der Waals surface area contributed by atoms with Crippen molar-refractivity contribution in [2.24, 2.45) is 0 Å². The Balaban J connectivity index is 2.01. The van der Waals surface area contributed by atoms with Crippen LogP contribution in [0.2, 0.25) is 5.02 Å². The first kappa shape index (κ1) is 20.9. The maximum Gasteiger partial charge on any atom is 0.417 e. The lowest BCUT2D eigenvalue weighted by atomic mass is 10.1. The van der Waals surface area contributed by atoms with Crippen LogP contribution in [0.5, 0.6) is 0 Å². The maximum atomic E-state index is 13.1. The predicted octanol–water partition coefficient (Wildman–Crippen LogP) is 6.16. The van der Waals surface area contributed by atoms with Crippen LogP contribution in [0.4, 0.5) is 30.6 Å². The zero-order valence-corrected chi connectivity index (χ0v) is 16.7. The molecule has 1 aromatic carbocycles. The minimum absolute atomic E-state index is 0.208. The number of hydrogen-bond acceptors (Lipinski definition) is 5. The van der Waals surface area contributed by atoms with Crippen LogP contribution >= 0.6 is 11.6 Å². The summed E-state index contributed by atoms with van der Waals surface area (Å²) in [4.78, 5) is 13.0. The molecule has 0 fully saturated rings. The number of rotatable bonds is 4. The average Bonchev–Trinajstić information content (AvgIpc) is 2.61. The standard InChI is InChI=1S/C20H19ClF3N5/c1-19(2,3)29-18-27-16(12-5-4-8-25-11-12)10-17(28-18)26-13-6-7-15(21)14(9-13)20(22,23)24/h4-11H,1-3H3,(H2,26,27,28,29). The zero-order chi connectivity index (χ0) is 21.2. The molecule has 2 heterocycles. The van der Waals surface area contributed by atoms with Gasteiger partial charge in [-0.05, 0) is 51.1 Å². The van der Waals surface area contributed by atoms with Gasteiger partial charge in [-0.2, -0.15) is 18.2 Å². The molecule has 0 radical (unpaired) electrons. The number of alkyl halides is 3. The summed E-state index contributed by atoms with van der Waals surface area (Å²) in [6, 6.07) is 8.86. The molecule has 0 aliphatic carbocycles. The van der Waals surface area contributed by atoms with Crippen molar-refractivity contribution in [2.75, 3.05) is 10.6 Å². The molecule has 2 aromatic heterocycles.